The molecule has 0 aliphatic heterocycles. The molecule has 1 heterocycles. The first-order valence-electron chi connectivity index (χ1n) is 9.75. The minimum atomic E-state index is -0.117. The van der Waals surface area contributed by atoms with E-state index in [1.54, 1.807) is 0 Å². The lowest BCUT2D eigenvalue weighted by atomic mass is 10.0. The molecule has 0 unspecified atom stereocenters. The van der Waals surface area contributed by atoms with Crippen LogP contribution in [0.4, 0.5) is 0 Å². The number of hydrogen-bond donors (Lipinski definition) is 2. The van der Waals surface area contributed by atoms with Crippen molar-refractivity contribution in [2.75, 3.05) is 0 Å². The summed E-state index contributed by atoms with van der Waals surface area (Å²) in [6.45, 7) is 0. The van der Waals surface area contributed by atoms with Crippen molar-refractivity contribution in [1.29, 1.82) is 0 Å². The van der Waals surface area contributed by atoms with E-state index in [1.165, 1.54) is 11.1 Å². The normalized spacial score (nSPS) is 10.6. The second-order valence-electron chi connectivity index (χ2n) is 7.07. The van der Waals surface area contributed by atoms with E-state index >= 15 is 0 Å². The predicted molar refractivity (Wildman–Crippen MR) is 118 cm³/mol. The highest BCUT2D eigenvalue weighted by Crippen LogP contribution is 2.18. The van der Waals surface area contributed by atoms with Crippen molar-refractivity contribution in [2.24, 2.45) is 5.10 Å². The van der Waals surface area contributed by atoms with E-state index in [4.69, 9.17) is 0 Å². The molecule has 0 fully saturated rings. The van der Waals surface area contributed by atoms with Gasteiger partial charge in [-0.05, 0) is 22.8 Å². The molecule has 29 heavy (non-hydrogen) atoms. The summed E-state index contributed by atoms with van der Waals surface area (Å²) in [6, 6.07) is 28.4. The predicted octanol–water partition coefficient (Wildman–Crippen LogP) is 4.67. The van der Waals surface area contributed by atoms with Crippen LogP contribution in [0.15, 0.2) is 96.2 Å². The number of amides is 1. The van der Waals surface area contributed by atoms with Gasteiger partial charge >= 0.3 is 0 Å². The van der Waals surface area contributed by atoms with E-state index in [0.717, 1.165) is 22.2 Å². The molecule has 0 saturated heterocycles. The van der Waals surface area contributed by atoms with Crippen LogP contribution in [-0.4, -0.2) is 16.6 Å². The van der Waals surface area contributed by atoms with Crippen molar-refractivity contribution in [3.63, 3.8) is 0 Å². The highest BCUT2D eigenvalue weighted by molar-refractivity contribution is 5.91. The third-order valence-corrected chi connectivity index (χ3v) is 4.87. The zero-order valence-corrected chi connectivity index (χ0v) is 16.1. The molecule has 144 valence electrons. The van der Waals surface area contributed by atoms with Crippen LogP contribution in [0.2, 0.25) is 0 Å². The van der Waals surface area contributed by atoms with Crippen LogP contribution < -0.4 is 5.43 Å². The standard InChI is InChI=1S/C25H23N3O/c29-25(17-21-18-26-24-14-8-7-13-23(21)24)28-27-22(15-19-9-3-1-4-10-19)16-20-11-5-2-6-12-20/h1-14,18,26H,15-17H2,(H,28,29). The summed E-state index contributed by atoms with van der Waals surface area (Å²) in [5.74, 6) is -0.117. The number of benzene rings is 3. The van der Waals surface area contributed by atoms with Gasteiger partial charge in [-0.2, -0.15) is 5.10 Å². The molecule has 4 nitrogen and oxygen atoms in total. The molecule has 0 atom stereocenters. The smallest absolute Gasteiger partial charge is 0.244 e. The molecule has 0 spiro atoms. The third-order valence-electron chi connectivity index (χ3n) is 4.87. The second kappa shape index (κ2) is 9.02. The number of nitrogens with zero attached hydrogens (tertiary/aromatic N) is 1. The SMILES string of the molecule is O=C(Cc1c[nH]c2ccccc12)NN=C(Cc1ccccc1)Cc1ccccc1. The second-order valence-corrected chi connectivity index (χ2v) is 7.07. The molecule has 4 aromatic rings. The van der Waals surface area contributed by atoms with Crippen molar-refractivity contribution < 1.29 is 4.79 Å². The number of aromatic amines is 1. The number of carbonyl (C=O) groups is 1. The van der Waals surface area contributed by atoms with Gasteiger partial charge in [-0.15, -0.1) is 0 Å². The maximum absolute atomic E-state index is 12.5. The quantitative estimate of drug-likeness (QED) is 0.355. The fourth-order valence-corrected chi connectivity index (χ4v) is 3.44. The maximum atomic E-state index is 12.5. The largest absolute Gasteiger partial charge is 0.361 e. The highest BCUT2D eigenvalue weighted by atomic mass is 16.2. The first-order valence-corrected chi connectivity index (χ1v) is 9.75. The van der Waals surface area contributed by atoms with E-state index in [1.807, 2.05) is 66.9 Å². The molecular weight excluding hydrogens is 358 g/mol. The lowest BCUT2D eigenvalue weighted by Crippen LogP contribution is -2.23. The highest BCUT2D eigenvalue weighted by Gasteiger charge is 2.09. The van der Waals surface area contributed by atoms with Crippen LogP contribution in [-0.2, 0) is 24.1 Å². The van der Waals surface area contributed by atoms with Gasteiger partial charge in [0.15, 0.2) is 0 Å². The minimum Gasteiger partial charge on any atom is -0.361 e. The third kappa shape index (κ3) is 4.99. The summed E-state index contributed by atoms with van der Waals surface area (Å²) in [7, 11) is 0. The van der Waals surface area contributed by atoms with Gasteiger partial charge in [-0.1, -0.05) is 78.9 Å². The van der Waals surface area contributed by atoms with Crippen LogP contribution in [0, 0.1) is 0 Å². The number of carbonyl (C=O) groups excluding carboxylic acids is 1. The van der Waals surface area contributed by atoms with E-state index < -0.39 is 0 Å². The van der Waals surface area contributed by atoms with Gasteiger partial charge in [-0.3, -0.25) is 4.79 Å². The van der Waals surface area contributed by atoms with E-state index in [0.29, 0.717) is 12.8 Å². The molecule has 2 N–H and O–H groups in total. The van der Waals surface area contributed by atoms with E-state index in [2.05, 4.69) is 39.8 Å². The van der Waals surface area contributed by atoms with Crippen molar-refractivity contribution in [2.45, 2.75) is 19.3 Å². The average molecular weight is 381 g/mol. The Hall–Kier alpha value is -3.66. The first-order chi connectivity index (χ1) is 14.3. The molecule has 0 radical (unpaired) electrons. The van der Waals surface area contributed by atoms with Gasteiger partial charge in [0.1, 0.15) is 0 Å². The molecule has 4 heteroatoms. The zero-order chi connectivity index (χ0) is 19.9. The molecule has 0 bridgehead atoms. The monoisotopic (exact) mass is 381 g/mol. The van der Waals surface area contributed by atoms with E-state index in [-0.39, 0.29) is 12.3 Å². The lowest BCUT2D eigenvalue weighted by molar-refractivity contribution is -0.120. The Morgan fingerprint density at radius 1 is 0.759 bits per heavy atom. The summed E-state index contributed by atoms with van der Waals surface area (Å²) in [5, 5.41) is 5.55. The van der Waals surface area contributed by atoms with Gasteiger partial charge in [0.05, 0.1) is 6.42 Å². The Morgan fingerprint density at radius 3 is 2.00 bits per heavy atom. The number of fused-ring (bicyclic) bond motifs is 1. The first kappa shape index (κ1) is 18.7. The van der Waals surface area contributed by atoms with Gasteiger partial charge in [0.2, 0.25) is 5.91 Å². The Kier molecular flexibility index (Phi) is 5.81. The van der Waals surface area contributed by atoms with Crippen LogP contribution in [0.1, 0.15) is 16.7 Å². The molecule has 4 rings (SSSR count). The number of rotatable bonds is 7. The van der Waals surface area contributed by atoms with Crippen LogP contribution in [0.5, 0.6) is 0 Å². The lowest BCUT2D eigenvalue weighted by Gasteiger charge is -2.08. The maximum Gasteiger partial charge on any atom is 0.244 e. The topological polar surface area (TPSA) is 57.2 Å². The Balaban J connectivity index is 1.48. The molecule has 3 aromatic carbocycles. The summed E-state index contributed by atoms with van der Waals surface area (Å²) in [5.41, 5.74) is 8.04. The summed E-state index contributed by atoms with van der Waals surface area (Å²) in [4.78, 5) is 15.7. The number of para-hydroxylation sites is 1. The summed E-state index contributed by atoms with van der Waals surface area (Å²) in [6.07, 6.45) is 3.58. The van der Waals surface area contributed by atoms with Crippen molar-refractivity contribution in [1.82, 2.24) is 10.4 Å². The van der Waals surface area contributed by atoms with Crippen molar-refractivity contribution in [3.8, 4) is 0 Å². The fourth-order valence-electron chi connectivity index (χ4n) is 3.44. The molecule has 0 saturated carbocycles. The van der Waals surface area contributed by atoms with Crippen LogP contribution in [0.25, 0.3) is 10.9 Å². The average Bonchev–Trinajstić information content (AvgIpc) is 3.16. The zero-order valence-electron chi connectivity index (χ0n) is 16.1. The number of hydrazone groups is 1. The van der Waals surface area contributed by atoms with Crippen LogP contribution >= 0.6 is 0 Å². The Morgan fingerprint density at radius 2 is 1.34 bits per heavy atom. The van der Waals surface area contributed by atoms with Gasteiger partial charge < -0.3 is 4.98 Å². The fraction of sp³-hybridized carbons (Fsp3) is 0.120. The van der Waals surface area contributed by atoms with Gasteiger partial charge in [-0.25, -0.2) is 5.43 Å². The Bertz CT molecular complexity index is 1070. The number of nitrogens with one attached hydrogen (secondary N) is 2. The summed E-state index contributed by atoms with van der Waals surface area (Å²) >= 11 is 0. The van der Waals surface area contributed by atoms with Crippen molar-refractivity contribution >= 4 is 22.5 Å². The van der Waals surface area contributed by atoms with Gasteiger partial charge in [0.25, 0.3) is 0 Å². The molecule has 1 amide bonds. The summed E-state index contributed by atoms with van der Waals surface area (Å²) < 4.78 is 0. The van der Waals surface area contributed by atoms with Gasteiger partial charge in [0, 0.05) is 35.7 Å². The minimum absolute atomic E-state index is 0.117. The van der Waals surface area contributed by atoms with Crippen molar-refractivity contribution in [3.05, 3.63) is 108 Å². The molecule has 1 aromatic heterocycles. The van der Waals surface area contributed by atoms with E-state index in [9.17, 15) is 4.79 Å². The number of aromatic nitrogens is 1. The molecule has 0 aliphatic rings. The van der Waals surface area contributed by atoms with Crippen LogP contribution in [0.3, 0.4) is 0 Å². The number of hydrogen-bond acceptors (Lipinski definition) is 2. The number of H-pyrrole nitrogens is 1. The molecular formula is C25H23N3O. The Labute approximate surface area is 170 Å². The molecule has 0 aliphatic carbocycles.